The second kappa shape index (κ2) is 6.94. The Kier molecular flexibility index (Phi) is 5.23. The number of pyridine rings is 1. The number of hydrogen-bond donors (Lipinski definition) is 0. The second-order valence-electron chi connectivity index (χ2n) is 5.07. The molecule has 0 aliphatic rings. The molecule has 0 atom stereocenters. The van der Waals surface area contributed by atoms with Crippen LogP contribution >= 0.6 is 11.6 Å². The van der Waals surface area contributed by atoms with Crippen LogP contribution in [0.2, 0.25) is 5.02 Å². The van der Waals surface area contributed by atoms with Crippen LogP contribution < -0.4 is 0 Å². The van der Waals surface area contributed by atoms with Crippen molar-refractivity contribution < 1.29 is 4.79 Å². The molecule has 114 valence electrons. The zero-order chi connectivity index (χ0) is 15.4. The molecular formula is C16H22ClN3O. The average Bonchev–Trinajstić information content (AvgIpc) is 2.85. The van der Waals surface area contributed by atoms with Gasteiger partial charge in [0.05, 0.1) is 5.69 Å². The van der Waals surface area contributed by atoms with Gasteiger partial charge in [-0.2, -0.15) is 0 Å². The zero-order valence-corrected chi connectivity index (χ0v) is 13.7. The number of aromatic nitrogens is 2. The Hall–Kier alpha value is -1.55. The van der Waals surface area contributed by atoms with Crippen molar-refractivity contribution in [2.24, 2.45) is 0 Å². The van der Waals surface area contributed by atoms with Gasteiger partial charge in [0.25, 0.3) is 5.91 Å². The van der Waals surface area contributed by atoms with Crippen LogP contribution in [0.3, 0.4) is 0 Å². The summed E-state index contributed by atoms with van der Waals surface area (Å²) in [6, 6.07) is 3.58. The lowest BCUT2D eigenvalue weighted by Gasteiger charge is -2.20. The topological polar surface area (TPSA) is 37.6 Å². The molecule has 2 aromatic heterocycles. The molecule has 0 aromatic carbocycles. The van der Waals surface area contributed by atoms with Crippen LogP contribution in [0, 0.1) is 0 Å². The summed E-state index contributed by atoms with van der Waals surface area (Å²) in [7, 11) is 0. The molecule has 0 radical (unpaired) electrons. The van der Waals surface area contributed by atoms with Crippen molar-refractivity contribution in [2.45, 2.75) is 40.0 Å². The first-order chi connectivity index (χ1) is 10.1. The second-order valence-corrected chi connectivity index (χ2v) is 5.51. The molecule has 0 spiro atoms. The summed E-state index contributed by atoms with van der Waals surface area (Å²) >= 11 is 6.01. The summed E-state index contributed by atoms with van der Waals surface area (Å²) in [5.74, 6) is 0.0534. The van der Waals surface area contributed by atoms with E-state index in [1.165, 1.54) is 0 Å². The van der Waals surface area contributed by atoms with E-state index in [0.29, 0.717) is 17.3 Å². The van der Waals surface area contributed by atoms with Crippen molar-refractivity contribution in [2.75, 3.05) is 13.1 Å². The number of imidazole rings is 1. The Morgan fingerprint density at radius 2 is 2.14 bits per heavy atom. The number of halogens is 1. The van der Waals surface area contributed by atoms with E-state index in [1.807, 2.05) is 29.3 Å². The van der Waals surface area contributed by atoms with E-state index in [2.05, 4.69) is 11.9 Å². The molecule has 0 unspecified atom stereocenters. The third kappa shape index (κ3) is 3.21. The van der Waals surface area contributed by atoms with Gasteiger partial charge in [0.2, 0.25) is 0 Å². The van der Waals surface area contributed by atoms with E-state index >= 15 is 0 Å². The van der Waals surface area contributed by atoms with Gasteiger partial charge >= 0.3 is 0 Å². The van der Waals surface area contributed by atoms with Gasteiger partial charge in [-0.3, -0.25) is 9.20 Å². The van der Waals surface area contributed by atoms with Gasteiger partial charge in [-0.25, -0.2) is 4.98 Å². The Morgan fingerprint density at radius 3 is 2.76 bits per heavy atom. The minimum atomic E-state index is 0.0534. The lowest BCUT2D eigenvalue weighted by atomic mass is 10.2. The molecular weight excluding hydrogens is 286 g/mol. The van der Waals surface area contributed by atoms with Crippen LogP contribution in [-0.4, -0.2) is 33.3 Å². The summed E-state index contributed by atoms with van der Waals surface area (Å²) in [5, 5.41) is 0.632. The van der Waals surface area contributed by atoms with Gasteiger partial charge in [0.15, 0.2) is 0 Å². The van der Waals surface area contributed by atoms with E-state index in [4.69, 9.17) is 11.6 Å². The first-order valence-electron chi connectivity index (χ1n) is 7.58. The number of nitrogens with zero attached hydrogens (tertiary/aromatic N) is 3. The number of fused-ring (bicyclic) bond motifs is 1. The molecule has 0 aliphatic carbocycles. The van der Waals surface area contributed by atoms with Gasteiger partial charge in [-0.05, 0) is 25.8 Å². The van der Waals surface area contributed by atoms with Crippen molar-refractivity contribution in [3.63, 3.8) is 0 Å². The molecule has 21 heavy (non-hydrogen) atoms. The predicted octanol–water partition coefficient (Wildman–Crippen LogP) is 3.81. The van der Waals surface area contributed by atoms with Crippen molar-refractivity contribution >= 4 is 23.2 Å². The van der Waals surface area contributed by atoms with E-state index in [-0.39, 0.29) is 5.91 Å². The molecule has 2 rings (SSSR count). The van der Waals surface area contributed by atoms with Gasteiger partial charge < -0.3 is 4.90 Å². The van der Waals surface area contributed by atoms with Crippen molar-refractivity contribution in [3.8, 4) is 0 Å². The maximum atomic E-state index is 12.9. The lowest BCUT2D eigenvalue weighted by molar-refractivity contribution is 0.0754. The van der Waals surface area contributed by atoms with Crippen LogP contribution in [0.25, 0.3) is 5.65 Å². The number of aryl methyl sites for hydroxylation is 1. The molecule has 0 saturated heterocycles. The van der Waals surface area contributed by atoms with Crippen LogP contribution in [0.5, 0.6) is 0 Å². The molecule has 0 bridgehead atoms. The summed E-state index contributed by atoms with van der Waals surface area (Å²) in [6.45, 7) is 7.66. The number of amides is 1. The molecule has 0 fully saturated rings. The number of rotatable bonds is 6. The molecule has 4 nitrogen and oxygen atoms in total. The first-order valence-corrected chi connectivity index (χ1v) is 7.95. The minimum absolute atomic E-state index is 0.0534. The molecule has 1 amide bonds. The smallest absolute Gasteiger partial charge is 0.272 e. The number of carbonyl (C=O) groups excluding carboxylic acids is 1. The average molecular weight is 308 g/mol. The van der Waals surface area contributed by atoms with Gasteiger partial charge in [-0.1, -0.05) is 31.9 Å². The number of carbonyl (C=O) groups is 1. The van der Waals surface area contributed by atoms with E-state index < -0.39 is 0 Å². The number of unbranched alkanes of at least 4 members (excludes halogenated alkanes) is 1. The van der Waals surface area contributed by atoms with Gasteiger partial charge in [0, 0.05) is 30.4 Å². The quantitative estimate of drug-likeness (QED) is 0.814. The Labute approximate surface area is 130 Å². The summed E-state index contributed by atoms with van der Waals surface area (Å²) in [4.78, 5) is 19.3. The fourth-order valence-electron chi connectivity index (χ4n) is 2.44. The molecule has 2 heterocycles. The summed E-state index contributed by atoms with van der Waals surface area (Å²) in [6.07, 6.45) is 4.65. The summed E-state index contributed by atoms with van der Waals surface area (Å²) < 4.78 is 1.85. The minimum Gasteiger partial charge on any atom is -0.338 e. The molecule has 0 aliphatic heterocycles. The van der Waals surface area contributed by atoms with Crippen LogP contribution in [0.1, 0.15) is 49.8 Å². The maximum absolute atomic E-state index is 12.9. The van der Waals surface area contributed by atoms with E-state index in [9.17, 15) is 4.79 Å². The third-order valence-electron chi connectivity index (χ3n) is 3.65. The highest BCUT2D eigenvalue weighted by Gasteiger charge is 2.22. The van der Waals surface area contributed by atoms with Crippen molar-refractivity contribution in [1.29, 1.82) is 0 Å². The Morgan fingerprint density at radius 1 is 1.38 bits per heavy atom. The monoisotopic (exact) mass is 307 g/mol. The highest BCUT2D eigenvalue weighted by molar-refractivity contribution is 6.30. The molecule has 2 aromatic rings. The van der Waals surface area contributed by atoms with Crippen LogP contribution in [0.4, 0.5) is 0 Å². The highest BCUT2D eigenvalue weighted by atomic mass is 35.5. The molecule has 5 heteroatoms. The van der Waals surface area contributed by atoms with Crippen LogP contribution in [0.15, 0.2) is 18.3 Å². The SMILES string of the molecule is CCCCN(CC)C(=O)c1c(CC)nc2cc(Cl)ccn12. The Bertz CT molecular complexity index is 636. The molecule has 0 saturated carbocycles. The summed E-state index contributed by atoms with van der Waals surface area (Å²) in [5.41, 5.74) is 2.23. The lowest BCUT2D eigenvalue weighted by Crippen LogP contribution is -2.33. The highest BCUT2D eigenvalue weighted by Crippen LogP contribution is 2.19. The number of hydrogen-bond acceptors (Lipinski definition) is 2. The third-order valence-corrected chi connectivity index (χ3v) is 3.88. The molecule has 0 N–H and O–H groups in total. The normalized spacial score (nSPS) is 11.0. The maximum Gasteiger partial charge on any atom is 0.272 e. The Balaban J connectivity index is 2.45. The van der Waals surface area contributed by atoms with Gasteiger partial charge in [-0.15, -0.1) is 0 Å². The fraction of sp³-hybridized carbons (Fsp3) is 0.500. The predicted molar refractivity (Wildman–Crippen MR) is 86.1 cm³/mol. The van der Waals surface area contributed by atoms with Gasteiger partial charge in [0.1, 0.15) is 11.3 Å². The van der Waals surface area contributed by atoms with Crippen LogP contribution in [-0.2, 0) is 6.42 Å². The van der Waals surface area contributed by atoms with Crippen molar-refractivity contribution in [1.82, 2.24) is 14.3 Å². The first kappa shape index (κ1) is 15.8. The van der Waals surface area contributed by atoms with Crippen molar-refractivity contribution in [3.05, 3.63) is 34.7 Å². The standard InChI is InChI=1S/C16H22ClN3O/c1-4-7-9-19(6-3)16(21)15-13(5-2)18-14-11-12(17)8-10-20(14)15/h8,10-11H,4-7,9H2,1-3H3. The largest absolute Gasteiger partial charge is 0.338 e. The fourth-order valence-corrected chi connectivity index (χ4v) is 2.60. The van der Waals surface area contributed by atoms with E-state index in [1.54, 1.807) is 12.1 Å². The van der Waals surface area contributed by atoms with E-state index in [0.717, 1.165) is 37.1 Å². The zero-order valence-electron chi connectivity index (χ0n) is 12.9.